The fourth-order valence-corrected chi connectivity index (χ4v) is 1.19. The van der Waals surface area contributed by atoms with E-state index in [1.807, 2.05) is 13.8 Å². The van der Waals surface area contributed by atoms with Gasteiger partial charge in [0.15, 0.2) is 0 Å². The predicted molar refractivity (Wildman–Crippen MR) is 47.4 cm³/mol. The summed E-state index contributed by atoms with van der Waals surface area (Å²) in [5.41, 5.74) is 0.679. The van der Waals surface area contributed by atoms with Gasteiger partial charge in [0.1, 0.15) is 5.75 Å². The number of aromatic nitrogens is 1. The van der Waals surface area contributed by atoms with E-state index >= 15 is 0 Å². The zero-order valence-electron chi connectivity index (χ0n) is 7.53. The Morgan fingerprint density at radius 1 is 1.42 bits per heavy atom. The van der Waals surface area contributed by atoms with Gasteiger partial charge in [-0.25, -0.2) is 0 Å². The van der Waals surface area contributed by atoms with Crippen LogP contribution in [0.5, 0.6) is 5.75 Å². The molecule has 12 heavy (non-hydrogen) atoms. The van der Waals surface area contributed by atoms with Crippen LogP contribution in [-0.2, 0) is 7.05 Å². The molecule has 0 fully saturated rings. The van der Waals surface area contributed by atoms with Crippen molar-refractivity contribution in [2.45, 2.75) is 19.8 Å². The van der Waals surface area contributed by atoms with Crippen LogP contribution in [0.2, 0.25) is 0 Å². The second-order valence-corrected chi connectivity index (χ2v) is 3.19. The highest BCUT2D eigenvalue weighted by molar-refractivity contribution is 5.23. The number of hydrogen-bond acceptors (Lipinski definition) is 2. The molecule has 1 rings (SSSR count). The van der Waals surface area contributed by atoms with Crippen molar-refractivity contribution >= 4 is 0 Å². The van der Waals surface area contributed by atoms with E-state index in [0.717, 1.165) is 5.69 Å². The Morgan fingerprint density at radius 3 is 2.50 bits per heavy atom. The molecular weight excluding hydrogens is 154 g/mol. The number of pyridine rings is 1. The van der Waals surface area contributed by atoms with E-state index < -0.39 is 0 Å². The average Bonchev–Trinajstić information content (AvgIpc) is 1.96. The van der Waals surface area contributed by atoms with Crippen LogP contribution in [0.1, 0.15) is 25.5 Å². The maximum absolute atomic E-state index is 11.2. The van der Waals surface area contributed by atoms with Gasteiger partial charge in [-0.15, -0.1) is 0 Å². The lowest BCUT2D eigenvalue weighted by molar-refractivity contribution is 0.469. The maximum atomic E-state index is 11.2. The SMILES string of the molecule is CC(C)c1cc(O)cc(=O)n1C. The molecule has 1 heterocycles. The van der Waals surface area contributed by atoms with Gasteiger partial charge in [-0.05, 0) is 12.0 Å². The first-order valence-electron chi connectivity index (χ1n) is 3.92. The van der Waals surface area contributed by atoms with Crippen molar-refractivity contribution in [2.75, 3.05) is 0 Å². The Bertz CT molecular complexity index is 339. The van der Waals surface area contributed by atoms with Gasteiger partial charge < -0.3 is 9.67 Å². The molecule has 66 valence electrons. The number of rotatable bonds is 1. The van der Waals surface area contributed by atoms with Crippen LogP contribution in [0.15, 0.2) is 16.9 Å². The lowest BCUT2D eigenvalue weighted by Crippen LogP contribution is -2.19. The fourth-order valence-electron chi connectivity index (χ4n) is 1.19. The van der Waals surface area contributed by atoms with Crippen LogP contribution in [0.3, 0.4) is 0 Å². The quantitative estimate of drug-likeness (QED) is 0.683. The third kappa shape index (κ3) is 1.49. The second kappa shape index (κ2) is 3.01. The molecule has 0 unspecified atom stereocenters. The molecule has 0 bridgehead atoms. The molecule has 3 nitrogen and oxygen atoms in total. The largest absolute Gasteiger partial charge is 0.508 e. The minimum Gasteiger partial charge on any atom is -0.508 e. The molecule has 0 aliphatic rings. The topological polar surface area (TPSA) is 42.2 Å². The van der Waals surface area contributed by atoms with E-state index in [2.05, 4.69) is 0 Å². The fraction of sp³-hybridized carbons (Fsp3) is 0.444. The maximum Gasteiger partial charge on any atom is 0.254 e. The Labute approximate surface area is 71.3 Å². The van der Waals surface area contributed by atoms with Crippen LogP contribution in [0, 0.1) is 0 Å². The van der Waals surface area contributed by atoms with Crippen molar-refractivity contribution in [3.8, 4) is 5.75 Å². The summed E-state index contributed by atoms with van der Waals surface area (Å²) in [5, 5.41) is 9.15. The lowest BCUT2D eigenvalue weighted by atomic mass is 10.1. The van der Waals surface area contributed by atoms with Gasteiger partial charge >= 0.3 is 0 Å². The van der Waals surface area contributed by atoms with Crippen LogP contribution in [0.4, 0.5) is 0 Å². The molecule has 0 aliphatic heterocycles. The summed E-state index contributed by atoms with van der Waals surface area (Å²) >= 11 is 0. The average molecular weight is 167 g/mol. The minimum atomic E-state index is -0.168. The zero-order chi connectivity index (χ0) is 9.30. The van der Waals surface area contributed by atoms with Gasteiger partial charge in [0.25, 0.3) is 5.56 Å². The number of nitrogens with zero attached hydrogens (tertiary/aromatic N) is 1. The van der Waals surface area contributed by atoms with Gasteiger partial charge in [-0.2, -0.15) is 0 Å². The number of aromatic hydroxyl groups is 1. The molecule has 3 heteroatoms. The Kier molecular flexibility index (Phi) is 2.22. The van der Waals surface area contributed by atoms with Crippen molar-refractivity contribution in [3.05, 3.63) is 28.2 Å². The summed E-state index contributed by atoms with van der Waals surface area (Å²) in [6.07, 6.45) is 0. The van der Waals surface area contributed by atoms with Crippen LogP contribution >= 0.6 is 0 Å². The third-order valence-corrected chi connectivity index (χ3v) is 1.88. The standard InChI is InChI=1S/C9H13NO2/c1-6(2)8-4-7(11)5-9(12)10(8)3/h4-6,11H,1-3H3. The highest BCUT2D eigenvalue weighted by Gasteiger charge is 2.05. The van der Waals surface area contributed by atoms with Gasteiger partial charge in [0, 0.05) is 18.8 Å². The molecule has 1 aromatic heterocycles. The second-order valence-electron chi connectivity index (χ2n) is 3.19. The first-order chi connectivity index (χ1) is 5.52. The summed E-state index contributed by atoms with van der Waals surface area (Å²) in [4.78, 5) is 11.2. The summed E-state index contributed by atoms with van der Waals surface area (Å²) in [6.45, 7) is 3.96. The summed E-state index contributed by atoms with van der Waals surface area (Å²) in [5.74, 6) is 0.289. The highest BCUT2D eigenvalue weighted by atomic mass is 16.3. The van der Waals surface area contributed by atoms with E-state index in [4.69, 9.17) is 5.11 Å². The Morgan fingerprint density at radius 2 is 2.00 bits per heavy atom. The number of hydrogen-bond donors (Lipinski definition) is 1. The zero-order valence-corrected chi connectivity index (χ0v) is 7.53. The van der Waals surface area contributed by atoms with Gasteiger partial charge in [0.2, 0.25) is 0 Å². The van der Waals surface area contributed by atoms with Crippen LogP contribution in [-0.4, -0.2) is 9.67 Å². The van der Waals surface area contributed by atoms with E-state index in [1.54, 1.807) is 17.7 Å². The molecular formula is C9H13NO2. The van der Waals surface area contributed by atoms with Gasteiger partial charge in [-0.3, -0.25) is 4.79 Å². The molecule has 0 saturated carbocycles. The smallest absolute Gasteiger partial charge is 0.254 e. The molecule has 0 radical (unpaired) electrons. The van der Waals surface area contributed by atoms with Crippen molar-refractivity contribution in [1.29, 1.82) is 0 Å². The van der Waals surface area contributed by atoms with Gasteiger partial charge in [0.05, 0.1) is 0 Å². The van der Waals surface area contributed by atoms with Crippen LogP contribution < -0.4 is 5.56 Å². The molecule has 0 aromatic carbocycles. The highest BCUT2D eigenvalue weighted by Crippen LogP contribution is 2.15. The minimum absolute atomic E-state index is 0.0433. The Hall–Kier alpha value is -1.25. The molecule has 0 amide bonds. The summed E-state index contributed by atoms with van der Waals surface area (Å²) in [7, 11) is 1.71. The molecule has 1 N–H and O–H groups in total. The van der Waals surface area contributed by atoms with Crippen molar-refractivity contribution in [3.63, 3.8) is 0 Å². The van der Waals surface area contributed by atoms with Gasteiger partial charge in [-0.1, -0.05) is 13.8 Å². The molecule has 0 aliphatic carbocycles. The third-order valence-electron chi connectivity index (χ3n) is 1.88. The summed E-state index contributed by atoms with van der Waals surface area (Å²) < 4.78 is 1.55. The first kappa shape index (κ1) is 8.84. The molecule has 0 spiro atoms. The molecule has 0 saturated heterocycles. The van der Waals surface area contributed by atoms with Crippen molar-refractivity contribution in [1.82, 2.24) is 4.57 Å². The van der Waals surface area contributed by atoms with E-state index in [1.165, 1.54) is 6.07 Å². The van der Waals surface area contributed by atoms with Crippen molar-refractivity contribution in [2.24, 2.45) is 7.05 Å². The molecule has 1 aromatic rings. The summed E-state index contributed by atoms with van der Waals surface area (Å²) in [6, 6.07) is 2.83. The normalized spacial score (nSPS) is 10.7. The predicted octanol–water partition coefficient (Wildman–Crippen LogP) is 1.21. The van der Waals surface area contributed by atoms with E-state index in [-0.39, 0.29) is 17.2 Å². The van der Waals surface area contributed by atoms with Crippen LogP contribution in [0.25, 0.3) is 0 Å². The molecule has 0 atom stereocenters. The lowest BCUT2D eigenvalue weighted by Gasteiger charge is -2.10. The first-order valence-corrected chi connectivity index (χ1v) is 3.92. The van der Waals surface area contributed by atoms with Crippen molar-refractivity contribution < 1.29 is 5.11 Å². The van der Waals surface area contributed by atoms with E-state index in [0.29, 0.717) is 0 Å². The Balaban J connectivity index is 3.38. The van der Waals surface area contributed by atoms with E-state index in [9.17, 15) is 4.79 Å². The monoisotopic (exact) mass is 167 g/mol.